The van der Waals surface area contributed by atoms with Crippen molar-refractivity contribution in [1.82, 2.24) is 0 Å². The molecule has 0 N–H and O–H groups in total. The fourth-order valence-electron chi connectivity index (χ4n) is 2.73. The van der Waals surface area contributed by atoms with Crippen LogP contribution >= 0.6 is 0 Å². The Bertz CT molecular complexity index is 733. The summed E-state index contributed by atoms with van der Waals surface area (Å²) in [6, 6.07) is 13.9. The van der Waals surface area contributed by atoms with Crippen molar-refractivity contribution in [3.05, 3.63) is 83.4 Å². The fourth-order valence-corrected chi connectivity index (χ4v) is 2.73. The molecule has 2 atom stereocenters. The zero-order valence-corrected chi connectivity index (χ0v) is 12.0. The Balaban J connectivity index is 1.97. The first-order chi connectivity index (χ1) is 10.9. The van der Waals surface area contributed by atoms with Crippen LogP contribution < -0.4 is 0 Å². The number of hydrogen-bond acceptors (Lipinski definition) is 2. The summed E-state index contributed by atoms with van der Waals surface area (Å²) >= 11 is 0. The maximum atomic E-state index is 12.7. The summed E-state index contributed by atoms with van der Waals surface area (Å²) in [5.41, 5.74) is 0.925. The number of benzene rings is 2. The zero-order valence-electron chi connectivity index (χ0n) is 12.0. The van der Waals surface area contributed by atoms with Crippen LogP contribution in [0.15, 0.2) is 66.7 Å². The van der Waals surface area contributed by atoms with E-state index in [-0.39, 0.29) is 0 Å². The van der Waals surface area contributed by atoms with Crippen molar-refractivity contribution in [2.45, 2.75) is 18.2 Å². The molecular formula is C18H13F3O2. The summed E-state index contributed by atoms with van der Waals surface area (Å²) in [5, 5.41) is 0. The molecule has 0 amide bonds. The predicted octanol–water partition coefficient (Wildman–Crippen LogP) is 4.64. The van der Waals surface area contributed by atoms with E-state index in [2.05, 4.69) is 6.58 Å². The highest BCUT2D eigenvalue weighted by atomic mass is 19.4. The Morgan fingerprint density at radius 3 is 2.09 bits per heavy atom. The molecule has 0 aromatic heterocycles. The molecule has 0 bridgehead atoms. The molecule has 0 saturated carbocycles. The van der Waals surface area contributed by atoms with Gasteiger partial charge in [0, 0.05) is 5.57 Å². The van der Waals surface area contributed by atoms with Gasteiger partial charge < -0.3 is 4.74 Å². The van der Waals surface area contributed by atoms with Gasteiger partial charge in [-0.15, -0.1) is 0 Å². The molecule has 23 heavy (non-hydrogen) atoms. The first-order valence-corrected chi connectivity index (χ1v) is 7.00. The summed E-state index contributed by atoms with van der Waals surface area (Å²) < 4.78 is 43.3. The highest BCUT2D eigenvalue weighted by Crippen LogP contribution is 2.45. The highest BCUT2D eigenvalue weighted by molar-refractivity contribution is 5.92. The maximum Gasteiger partial charge on any atom is 0.416 e. The number of alkyl halides is 3. The number of carbonyl (C=O) groups is 1. The minimum Gasteiger partial charge on any atom is -0.453 e. The van der Waals surface area contributed by atoms with Crippen molar-refractivity contribution < 1.29 is 22.7 Å². The molecule has 2 aromatic rings. The van der Waals surface area contributed by atoms with Gasteiger partial charge in [-0.3, -0.25) is 0 Å². The van der Waals surface area contributed by atoms with Gasteiger partial charge in [-0.1, -0.05) is 49.0 Å². The van der Waals surface area contributed by atoms with Crippen molar-refractivity contribution >= 4 is 5.97 Å². The number of esters is 1. The second kappa shape index (κ2) is 5.57. The molecule has 0 aliphatic carbocycles. The number of rotatable bonds is 2. The minimum absolute atomic E-state index is 0.307. The fraction of sp³-hybridized carbons (Fsp3) is 0.167. The van der Waals surface area contributed by atoms with Crippen molar-refractivity contribution in [2.24, 2.45) is 0 Å². The van der Waals surface area contributed by atoms with E-state index >= 15 is 0 Å². The molecule has 5 heteroatoms. The van der Waals surface area contributed by atoms with Crippen LogP contribution in [0.4, 0.5) is 13.2 Å². The molecule has 1 aliphatic rings. The number of halogens is 3. The molecule has 1 heterocycles. The van der Waals surface area contributed by atoms with Crippen molar-refractivity contribution in [3.63, 3.8) is 0 Å². The monoisotopic (exact) mass is 318 g/mol. The Hall–Kier alpha value is -2.56. The van der Waals surface area contributed by atoms with Crippen LogP contribution in [-0.2, 0) is 15.7 Å². The molecule has 1 fully saturated rings. The Kier molecular flexibility index (Phi) is 3.72. The minimum atomic E-state index is -4.40. The van der Waals surface area contributed by atoms with Crippen LogP contribution in [0.5, 0.6) is 0 Å². The highest BCUT2D eigenvalue weighted by Gasteiger charge is 2.40. The molecule has 0 spiro atoms. The van der Waals surface area contributed by atoms with Crippen LogP contribution in [0.3, 0.4) is 0 Å². The van der Waals surface area contributed by atoms with E-state index in [0.717, 1.165) is 17.7 Å². The van der Waals surface area contributed by atoms with Gasteiger partial charge >= 0.3 is 12.1 Å². The molecule has 2 nitrogen and oxygen atoms in total. The maximum absolute atomic E-state index is 12.7. The normalized spacial score (nSPS) is 21.3. The summed E-state index contributed by atoms with van der Waals surface area (Å²) in [4.78, 5) is 11.9. The van der Waals surface area contributed by atoms with Gasteiger partial charge in [0.2, 0.25) is 0 Å². The largest absolute Gasteiger partial charge is 0.453 e. The second-order valence-electron chi connectivity index (χ2n) is 5.36. The van der Waals surface area contributed by atoms with Crippen molar-refractivity contribution in [2.75, 3.05) is 0 Å². The van der Waals surface area contributed by atoms with Crippen molar-refractivity contribution in [3.8, 4) is 0 Å². The van der Waals surface area contributed by atoms with Gasteiger partial charge in [0.05, 0.1) is 11.5 Å². The third kappa shape index (κ3) is 2.86. The summed E-state index contributed by atoms with van der Waals surface area (Å²) in [6.07, 6.45) is -5.06. The zero-order chi connectivity index (χ0) is 16.6. The summed E-state index contributed by atoms with van der Waals surface area (Å²) in [6.45, 7) is 3.77. The molecule has 2 aromatic carbocycles. The molecule has 0 radical (unpaired) electrons. The number of ether oxygens (including phenoxy) is 1. The van der Waals surface area contributed by atoms with E-state index in [4.69, 9.17) is 4.74 Å². The van der Waals surface area contributed by atoms with Gasteiger partial charge in [-0.25, -0.2) is 4.79 Å². The molecule has 1 aliphatic heterocycles. The molecule has 3 rings (SSSR count). The molecule has 0 unspecified atom stereocenters. The third-order valence-corrected chi connectivity index (χ3v) is 3.90. The standard InChI is InChI=1S/C18H13F3O2/c1-11-15(12-5-3-2-4-6-12)16(23-17(11)22)13-7-9-14(10-8-13)18(19,20)21/h2-10,15-16H,1H2/t15-,16-/m1/s1. The van der Waals surface area contributed by atoms with Gasteiger partial charge in [0.25, 0.3) is 0 Å². The van der Waals surface area contributed by atoms with Crippen molar-refractivity contribution in [1.29, 1.82) is 0 Å². The lowest BCUT2D eigenvalue weighted by molar-refractivity contribution is -0.140. The van der Waals surface area contributed by atoms with E-state index in [1.807, 2.05) is 30.3 Å². The van der Waals surface area contributed by atoms with Crippen LogP contribution in [0.25, 0.3) is 0 Å². The number of hydrogen-bond donors (Lipinski definition) is 0. The van der Waals surface area contributed by atoms with Gasteiger partial charge in [0.15, 0.2) is 0 Å². The molecule has 118 valence electrons. The Morgan fingerprint density at radius 1 is 0.913 bits per heavy atom. The lowest BCUT2D eigenvalue weighted by Crippen LogP contribution is -2.09. The van der Waals surface area contributed by atoms with Gasteiger partial charge in [-0.2, -0.15) is 13.2 Å². The average Bonchev–Trinajstić information content (AvgIpc) is 2.83. The number of carbonyl (C=O) groups excluding carboxylic acids is 1. The second-order valence-corrected chi connectivity index (χ2v) is 5.36. The lowest BCUT2D eigenvalue weighted by atomic mass is 9.86. The first kappa shape index (κ1) is 15.3. The summed E-state index contributed by atoms with van der Waals surface area (Å²) in [5.74, 6) is -0.927. The summed E-state index contributed by atoms with van der Waals surface area (Å²) in [7, 11) is 0. The van der Waals surface area contributed by atoms with Gasteiger partial charge in [-0.05, 0) is 23.3 Å². The van der Waals surface area contributed by atoms with Crippen LogP contribution in [0.1, 0.15) is 28.7 Å². The topological polar surface area (TPSA) is 26.3 Å². The van der Waals surface area contributed by atoms with E-state index in [0.29, 0.717) is 11.1 Å². The van der Waals surface area contributed by atoms with E-state index in [9.17, 15) is 18.0 Å². The van der Waals surface area contributed by atoms with E-state index < -0.39 is 29.7 Å². The molecule has 1 saturated heterocycles. The van der Waals surface area contributed by atoms with Crippen LogP contribution in [0, 0.1) is 0 Å². The number of cyclic esters (lactones) is 1. The predicted molar refractivity (Wildman–Crippen MR) is 78.6 cm³/mol. The molecular weight excluding hydrogens is 305 g/mol. The lowest BCUT2D eigenvalue weighted by Gasteiger charge is -2.19. The van der Waals surface area contributed by atoms with Gasteiger partial charge in [0.1, 0.15) is 6.10 Å². The van der Waals surface area contributed by atoms with E-state index in [1.54, 1.807) is 0 Å². The van der Waals surface area contributed by atoms with E-state index in [1.165, 1.54) is 12.1 Å². The SMILES string of the molecule is C=C1C(=O)O[C@H](c2ccc(C(F)(F)F)cc2)[C@H]1c1ccccc1. The average molecular weight is 318 g/mol. The van der Waals surface area contributed by atoms with Crippen LogP contribution in [-0.4, -0.2) is 5.97 Å². The first-order valence-electron chi connectivity index (χ1n) is 7.00. The Morgan fingerprint density at radius 2 is 1.52 bits per heavy atom. The quantitative estimate of drug-likeness (QED) is 0.595. The van der Waals surface area contributed by atoms with Crippen LogP contribution in [0.2, 0.25) is 0 Å². The Labute approximate surface area is 131 Å². The smallest absolute Gasteiger partial charge is 0.416 e. The third-order valence-electron chi connectivity index (χ3n) is 3.90.